The zero-order chi connectivity index (χ0) is 40.3. The average Bonchev–Trinajstić information content (AvgIpc) is 3.66. The minimum absolute atomic E-state index is 0.0731. The molecule has 0 aromatic heterocycles. The molecule has 5 fully saturated rings. The van der Waals surface area contributed by atoms with Crippen LogP contribution in [0.15, 0.2) is 60.7 Å². The van der Waals surface area contributed by atoms with Gasteiger partial charge in [-0.05, 0) is 92.6 Å². The monoisotopic (exact) mass is 802 g/mol. The second-order valence-electron chi connectivity index (χ2n) is 17.0. The maximum Gasteiger partial charge on any atom is 0.262 e. The summed E-state index contributed by atoms with van der Waals surface area (Å²) in [6.07, 6.45) is 3.58. The molecule has 13 nitrogen and oxygen atoms in total. The van der Waals surface area contributed by atoms with E-state index >= 15 is 0 Å². The SMILES string of the molecule is [C-]#[N+]c1ccc(N2CC3(CCN(c4ccc(C(=O)N5CCN(CC6CN(c7ccc8c(c7)C(=O)N(C7CCC(=O)NC7=O)C8=O)C6)CC5)cc4)CC3)CC2C)cc1Cl. The van der Waals surface area contributed by atoms with E-state index in [-0.39, 0.29) is 29.7 Å². The molecule has 2 atom stereocenters. The molecule has 1 spiro atoms. The molecule has 6 aliphatic heterocycles. The number of carbonyl (C=O) groups is 5. The van der Waals surface area contributed by atoms with Crippen molar-refractivity contribution in [3.05, 3.63) is 93.8 Å². The summed E-state index contributed by atoms with van der Waals surface area (Å²) < 4.78 is 0. The molecule has 300 valence electrons. The number of carbonyl (C=O) groups excluding carboxylic acids is 5. The van der Waals surface area contributed by atoms with Crippen LogP contribution in [0, 0.1) is 17.9 Å². The van der Waals surface area contributed by atoms with Gasteiger partial charge in [-0.3, -0.25) is 39.1 Å². The van der Waals surface area contributed by atoms with Crippen molar-refractivity contribution in [2.75, 3.05) is 80.1 Å². The first-order chi connectivity index (χ1) is 28.0. The molecule has 58 heavy (non-hydrogen) atoms. The van der Waals surface area contributed by atoms with Crippen LogP contribution in [0.5, 0.6) is 0 Å². The summed E-state index contributed by atoms with van der Waals surface area (Å²) in [5.41, 5.74) is 5.17. The van der Waals surface area contributed by atoms with E-state index in [1.165, 1.54) is 0 Å². The summed E-state index contributed by atoms with van der Waals surface area (Å²) in [6.45, 7) is 18.1. The molecule has 1 N–H and O–H groups in total. The summed E-state index contributed by atoms with van der Waals surface area (Å²) in [5, 5.41) is 2.75. The third-order valence-electron chi connectivity index (χ3n) is 13.4. The highest BCUT2D eigenvalue weighted by Gasteiger charge is 2.46. The fourth-order valence-electron chi connectivity index (χ4n) is 10.1. The number of halogens is 1. The van der Waals surface area contributed by atoms with Crippen LogP contribution in [-0.4, -0.2) is 122 Å². The predicted octanol–water partition coefficient (Wildman–Crippen LogP) is 5.07. The molecule has 3 aromatic rings. The van der Waals surface area contributed by atoms with Crippen LogP contribution < -0.4 is 20.0 Å². The van der Waals surface area contributed by atoms with Gasteiger partial charge >= 0.3 is 0 Å². The van der Waals surface area contributed by atoms with Gasteiger partial charge in [0, 0.05) is 111 Å². The Kier molecular flexibility index (Phi) is 9.88. The van der Waals surface area contributed by atoms with Gasteiger partial charge in [0.15, 0.2) is 0 Å². The van der Waals surface area contributed by atoms with Crippen LogP contribution in [0.2, 0.25) is 5.02 Å². The summed E-state index contributed by atoms with van der Waals surface area (Å²) in [6, 6.07) is 18.6. The Morgan fingerprint density at radius 2 is 1.53 bits per heavy atom. The molecule has 0 bridgehead atoms. The summed E-state index contributed by atoms with van der Waals surface area (Å²) in [5.74, 6) is -1.47. The average molecular weight is 803 g/mol. The van der Waals surface area contributed by atoms with Crippen molar-refractivity contribution in [3.63, 3.8) is 0 Å². The predicted molar refractivity (Wildman–Crippen MR) is 221 cm³/mol. The van der Waals surface area contributed by atoms with E-state index in [9.17, 15) is 24.0 Å². The highest BCUT2D eigenvalue weighted by molar-refractivity contribution is 6.33. The Morgan fingerprint density at radius 1 is 0.845 bits per heavy atom. The number of piperazine rings is 1. The Morgan fingerprint density at radius 3 is 2.22 bits per heavy atom. The molecule has 6 aliphatic rings. The van der Waals surface area contributed by atoms with Crippen molar-refractivity contribution in [3.8, 4) is 0 Å². The summed E-state index contributed by atoms with van der Waals surface area (Å²) >= 11 is 6.38. The second kappa shape index (κ2) is 15.1. The van der Waals surface area contributed by atoms with Crippen molar-refractivity contribution in [2.24, 2.45) is 11.3 Å². The van der Waals surface area contributed by atoms with Crippen LogP contribution in [0.25, 0.3) is 4.85 Å². The van der Waals surface area contributed by atoms with Crippen LogP contribution in [0.3, 0.4) is 0 Å². The van der Waals surface area contributed by atoms with E-state index < -0.39 is 29.7 Å². The van der Waals surface area contributed by atoms with Crippen LogP contribution in [0.1, 0.15) is 70.1 Å². The van der Waals surface area contributed by atoms with E-state index in [4.69, 9.17) is 18.2 Å². The quantitative estimate of drug-likeness (QED) is 0.258. The van der Waals surface area contributed by atoms with Gasteiger partial charge in [-0.15, -0.1) is 0 Å². The highest BCUT2D eigenvalue weighted by atomic mass is 35.5. The molecule has 14 heteroatoms. The van der Waals surface area contributed by atoms with Crippen LogP contribution in [0.4, 0.5) is 22.7 Å². The molecule has 5 saturated heterocycles. The van der Waals surface area contributed by atoms with Gasteiger partial charge < -0.3 is 19.6 Å². The number of piperidine rings is 2. The zero-order valence-corrected chi connectivity index (χ0v) is 33.4. The van der Waals surface area contributed by atoms with Crippen LogP contribution in [-0.2, 0) is 9.59 Å². The Hall–Kier alpha value is -5.45. The van der Waals surface area contributed by atoms with Gasteiger partial charge in [0.25, 0.3) is 17.7 Å². The van der Waals surface area contributed by atoms with Crippen molar-refractivity contribution >= 4 is 63.9 Å². The number of rotatable bonds is 7. The minimum atomic E-state index is -0.976. The fourth-order valence-corrected chi connectivity index (χ4v) is 10.3. The number of amides is 5. The molecule has 0 saturated carbocycles. The summed E-state index contributed by atoms with van der Waals surface area (Å²) in [4.78, 5) is 79.9. The summed E-state index contributed by atoms with van der Waals surface area (Å²) in [7, 11) is 0. The van der Waals surface area contributed by atoms with Gasteiger partial charge in [-0.1, -0.05) is 17.7 Å². The first-order valence-corrected chi connectivity index (χ1v) is 20.8. The highest BCUT2D eigenvalue weighted by Crippen LogP contribution is 2.46. The number of fused-ring (bicyclic) bond motifs is 1. The number of nitrogens with one attached hydrogen (secondary N) is 1. The molecule has 0 radical (unpaired) electrons. The number of benzene rings is 3. The van der Waals surface area contributed by atoms with E-state index in [1.54, 1.807) is 12.1 Å². The minimum Gasteiger partial charge on any atom is -0.371 e. The lowest BCUT2D eigenvalue weighted by Crippen LogP contribution is -2.55. The third kappa shape index (κ3) is 6.96. The van der Waals surface area contributed by atoms with E-state index in [2.05, 4.69) is 48.8 Å². The Bertz CT molecular complexity index is 2220. The molecule has 5 amide bonds. The number of hydrogen-bond donors (Lipinski definition) is 1. The van der Waals surface area contributed by atoms with Crippen molar-refractivity contribution in [1.82, 2.24) is 20.0 Å². The second-order valence-corrected chi connectivity index (χ2v) is 17.4. The van der Waals surface area contributed by atoms with Crippen LogP contribution >= 0.6 is 11.6 Å². The molecule has 6 heterocycles. The van der Waals surface area contributed by atoms with Gasteiger partial charge in [0.05, 0.1) is 17.7 Å². The Labute approximate surface area is 343 Å². The maximum atomic E-state index is 13.5. The first-order valence-electron chi connectivity index (χ1n) is 20.4. The molecule has 3 aromatic carbocycles. The largest absolute Gasteiger partial charge is 0.371 e. The van der Waals surface area contributed by atoms with E-state index in [0.717, 1.165) is 99.1 Å². The normalized spacial score (nSPS) is 23.6. The molecular weight excluding hydrogens is 756 g/mol. The van der Waals surface area contributed by atoms with Crippen molar-refractivity contribution < 1.29 is 24.0 Å². The lowest BCUT2D eigenvalue weighted by atomic mass is 9.76. The lowest BCUT2D eigenvalue weighted by molar-refractivity contribution is -0.136. The van der Waals surface area contributed by atoms with E-state index in [0.29, 0.717) is 41.3 Å². The zero-order valence-electron chi connectivity index (χ0n) is 32.7. The number of hydrogen-bond acceptors (Lipinski definition) is 9. The number of anilines is 3. The molecule has 9 rings (SSSR count). The smallest absolute Gasteiger partial charge is 0.262 e. The van der Waals surface area contributed by atoms with Gasteiger partial charge in [-0.25, -0.2) is 4.85 Å². The third-order valence-corrected chi connectivity index (χ3v) is 13.7. The number of imide groups is 2. The van der Waals surface area contributed by atoms with Gasteiger partial charge in [0.1, 0.15) is 6.04 Å². The maximum absolute atomic E-state index is 13.5. The first kappa shape index (κ1) is 38.1. The van der Waals surface area contributed by atoms with Gasteiger partial charge in [0.2, 0.25) is 17.5 Å². The van der Waals surface area contributed by atoms with Crippen molar-refractivity contribution in [1.29, 1.82) is 0 Å². The van der Waals surface area contributed by atoms with E-state index in [1.807, 2.05) is 41.3 Å². The molecule has 2 unspecified atom stereocenters. The Balaban J connectivity index is 0.721. The topological polar surface area (TPSA) is 121 Å². The molecule has 0 aliphatic carbocycles. The lowest BCUT2D eigenvalue weighted by Gasteiger charge is -2.45. The fraction of sp³-hybridized carbons (Fsp3) is 0.455. The standard InChI is InChI=1S/C44H47ClN8O5/c1-28-23-44(27-52(28)33-8-10-37(46-2)36(45)22-33)13-15-49(16-14-44)31-5-3-30(4-6-31)41(56)50-19-17-48(18-20-50)24-29-25-51(26-29)32-7-9-34-35(21-32)43(58)53(42(34)57)38-11-12-39(54)47-40(38)55/h3-10,21-22,28-29,38H,11-20,23-27H2,1H3,(H,47,54,55). The van der Waals surface area contributed by atoms with Crippen molar-refractivity contribution in [2.45, 2.75) is 51.1 Å². The van der Waals surface area contributed by atoms with Gasteiger partial charge in [-0.2, -0.15) is 0 Å². The number of nitrogens with zero attached hydrogens (tertiary/aromatic N) is 7. The molecular formula is C44H47ClN8O5.